The van der Waals surface area contributed by atoms with Crippen LogP contribution in [0.25, 0.3) is 0 Å². The van der Waals surface area contributed by atoms with Crippen molar-refractivity contribution in [3.63, 3.8) is 0 Å². The lowest BCUT2D eigenvalue weighted by Crippen LogP contribution is -2.31. The summed E-state index contributed by atoms with van der Waals surface area (Å²) in [5.74, 6) is 0. The summed E-state index contributed by atoms with van der Waals surface area (Å²) < 4.78 is 0. The maximum Gasteiger partial charge on any atom is 0.00447 e. The summed E-state index contributed by atoms with van der Waals surface area (Å²) in [6.07, 6.45) is 9.64. The van der Waals surface area contributed by atoms with Crippen LogP contribution in [-0.2, 0) is 0 Å². The topological polar surface area (TPSA) is 3.24 Å². The van der Waals surface area contributed by atoms with Gasteiger partial charge in [-0.05, 0) is 57.4 Å². The molecule has 1 nitrogen and oxygen atoms in total. The van der Waals surface area contributed by atoms with Gasteiger partial charge in [0.2, 0.25) is 0 Å². The minimum absolute atomic E-state index is 0.737. The Morgan fingerprint density at radius 2 is 1.92 bits per heavy atom. The molecule has 2 rings (SSSR count). The first kappa shape index (κ1) is 9.85. The summed E-state index contributed by atoms with van der Waals surface area (Å²) in [5.41, 5.74) is 0.737. The van der Waals surface area contributed by atoms with Gasteiger partial charge >= 0.3 is 0 Å². The highest BCUT2D eigenvalue weighted by Gasteiger charge is 2.39. The summed E-state index contributed by atoms with van der Waals surface area (Å²) in [6.45, 7) is 2.71. The number of nitrogens with zero attached hydrogens (tertiary/aromatic N) is 1. The van der Waals surface area contributed by atoms with E-state index < -0.39 is 0 Å². The van der Waals surface area contributed by atoms with Crippen molar-refractivity contribution in [2.45, 2.75) is 37.4 Å². The van der Waals surface area contributed by atoms with E-state index in [4.69, 9.17) is 0 Å². The van der Waals surface area contributed by atoms with E-state index in [1.54, 1.807) is 0 Å². The predicted octanol–water partition coefficient (Wildman–Crippen LogP) is 2.61. The molecule has 0 aromatic heterocycles. The third-order valence-electron chi connectivity index (χ3n) is 3.96. The number of thioether (sulfide) groups is 1. The Morgan fingerprint density at radius 1 is 1.23 bits per heavy atom. The lowest BCUT2D eigenvalue weighted by atomic mass is 9.73. The van der Waals surface area contributed by atoms with Crippen LogP contribution in [0.5, 0.6) is 0 Å². The minimum Gasteiger partial charge on any atom is -0.306 e. The largest absolute Gasteiger partial charge is 0.306 e. The zero-order valence-corrected chi connectivity index (χ0v) is 9.70. The molecule has 0 unspecified atom stereocenters. The molecule has 1 heterocycles. The molecule has 76 valence electrons. The molecule has 0 atom stereocenters. The average molecular weight is 199 g/mol. The van der Waals surface area contributed by atoms with E-state index in [9.17, 15) is 0 Å². The van der Waals surface area contributed by atoms with Crippen molar-refractivity contribution in [3.05, 3.63) is 0 Å². The molecular weight excluding hydrogens is 178 g/mol. The molecule has 0 N–H and O–H groups in total. The lowest BCUT2D eigenvalue weighted by Gasteiger charge is -2.36. The standard InChI is InChI=1S/C11H21NS/c1-12-8-7-11(9-12)5-3-10(13-2)4-6-11/h10H,3-9H2,1-2H3. The SMILES string of the molecule is CSC1CCC2(CC1)CCN(C)C2. The molecule has 0 aromatic rings. The van der Waals surface area contributed by atoms with Crippen LogP contribution in [0.2, 0.25) is 0 Å². The van der Waals surface area contributed by atoms with E-state index in [0.29, 0.717) is 0 Å². The van der Waals surface area contributed by atoms with Crippen molar-refractivity contribution in [1.29, 1.82) is 0 Å². The second-order valence-electron chi connectivity index (χ2n) is 4.92. The third-order valence-corrected chi connectivity index (χ3v) is 5.09. The molecule has 1 spiro atoms. The Hall–Kier alpha value is 0.310. The highest BCUT2D eigenvalue weighted by atomic mass is 32.2. The van der Waals surface area contributed by atoms with E-state index >= 15 is 0 Å². The quantitative estimate of drug-likeness (QED) is 0.638. The van der Waals surface area contributed by atoms with Crippen LogP contribution >= 0.6 is 11.8 Å². The van der Waals surface area contributed by atoms with Gasteiger partial charge < -0.3 is 4.90 Å². The molecule has 0 radical (unpaired) electrons. The summed E-state index contributed by atoms with van der Waals surface area (Å²) in [7, 11) is 2.27. The van der Waals surface area contributed by atoms with Crippen molar-refractivity contribution in [2.75, 3.05) is 26.4 Å². The van der Waals surface area contributed by atoms with E-state index in [1.807, 2.05) is 0 Å². The molecule has 2 heteroatoms. The molecule has 2 fully saturated rings. The Labute approximate surface area is 86.3 Å². The molecular formula is C11H21NS. The van der Waals surface area contributed by atoms with Gasteiger partial charge in [0.05, 0.1) is 0 Å². The van der Waals surface area contributed by atoms with E-state index in [0.717, 1.165) is 10.7 Å². The first-order chi connectivity index (χ1) is 6.24. The van der Waals surface area contributed by atoms with E-state index in [-0.39, 0.29) is 0 Å². The van der Waals surface area contributed by atoms with Gasteiger partial charge in [0, 0.05) is 11.8 Å². The fourth-order valence-corrected chi connectivity index (χ4v) is 3.71. The maximum atomic E-state index is 2.51. The first-order valence-electron chi connectivity index (χ1n) is 5.45. The van der Waals surface area contributed by atoms with Crippen LogP contribution in [0.3, 0.4) is 0 Å². The summed E-state index contributed by atoms with van der Waals surface area (Å²) in [5, 5.41) is 0.969. The monoisotopic (exact) mass is 199 g/mol. The van der Waals surface area contributed by atoms with Gasteiger partial charge in [-0.3, -0.25) is 0 Å². The van der Waals surface area contributed by atoms with Crippen LogP contribution in [0.1, 0.15) is 32.1 Å². The van der Waals surface area contributed by atoms with Gasteiger partial charge in [0.1, 0.15) is 0 Å². The highest BCUT2D eigenvalue weighted by Crippen LogP contribution is 2.45. The second-order valence-corrected chi connectivity index (χ2v) is 6.06. The predicted molar refractivity (Wildman–Crippen MR) is 60.3 cm³/mol. The van der Waals surface area contributed by atoms with E-state index in [1.165, 1.54) is 45.2 Å². The average Bonchev–Trinajstić information content (AvgIpc) is 2.49. The van der Waals surface area contributed by atoms with Gasteiger partial charge in [-0.2, -0.15) is 11.8 Å². The second kappa shape index (κ2) is 3.82. The van der Waals surface area contributed by atoms with Gasteiger partial charge in [0.25, 0.3) is 0 Å². The van der Waals surface area contributed by atoms with Crippen LogP contribution in [0.4, 0.5) is 0 Å². The smallest absolute Gasteiger partial charge is 0.00447 e. The van der Waals surface area contributed by atoms with Crippen molar-refractivity contribution in [3.8, 4) is 0 Å². The third kappa shape index (κ3) is 2.04. The number of hydrogen-bond acceptors (Lipinski definition) is 2. The Balaban J connectivity index is 1.90. The Bertz CT molecular complexity index is 173. The molecule has 1 saturated carbocycles. The van der Waals surface area contributed by atoms with Crippen molar-refractivity contribution in [1.82, 2.24) is 4.90 Å². The molecule has 0 amide bonds. The summed E-state index contributed by atoms with van der Waals surface area (Å²) >= 11 is 2.08. The maximum absolute atomic E-state index is 2.51. The Kier molecular flexibility index (Phi) is 2.89. The number of rotatable bonds is 1. The van der Waals surface area contributed by atoms with Crippen LogP contribution in [-0.4, -0.2) is 36.5 Å². The summed E-state index contributed by atoms with van der Waals surface area (Å²) in [6, 6.07) is 0. The lowest BCUT2D eigenvalue weighted by molar-refractivity contribution is 0.199. The molecule has 2 aliphatic rings. The fraction of sp³-hybridized carbons (Fsp3) is 1.00. The molecule has 1 saturated heterocycles. The van der Waals surface area contributed by atoms with E-state index in [2.05, 4.69) is 30.0 Å². The fourth-order valence-electron chi connectivity index (χ4n) is 3.01. The molecule has 0 aromatic carbocycles. The molecule has 1 aliphatic heterocycles. The zero-order chi connectivity index (χ0) is 9.31. The van der Waals surface area contributed by atoms with Crippen molar-refractivity contribution >= 4 is 11.8 Å². The Morgan fingerprint density at radius 3 is 2.38 bits per heavy atom. The zero-order valence-electron chi connectivity index (χ0n) is 8.88. The number of likely N-dealkylation sites (tertiary alicyclic amines) is 1. The molecule has 0 bridgehead atoms. The van der Waals surface area contributed by atoms with Gasteiger partial charge in [-0.25, -0.2) is 0 Å². The van der Waals surface area contributed by atoms with Crippen molar-refractivity contribution < 1.29 is 0 Å². The number of hydrogen-bond donors (Lipinski definition) is 0. The summed E-state index contributed by atoms with van der Waals surface area (Å²) in [4.78, 5) is 2.51. The van der Waals surface area contributed by atoms with Crippen LogP contribution in [0.15, 0.2) is 0 Å². The van der Waals surface area contributed by atoms with Gasteiger partial charge in [-0.15, -0.1) is 0 Å². The van der Waals surface area contributed by atoms with Crippen LogP contribution < -0.4 is 0 Å². The van der Waals surface area contributed by atoms with Crippen molar-refractivity contribution in [2.24, 2.45) is 5.41 Å². The highest BCUT2D eigenvalue weighted by molar-refractivity contribution is 7.99. The minimum atomic E-state index is 0.737. The van der Waals surface area contributed by atoms with Crippen LogP contribution in [0, 0.1) is 5.41 Å². The molecule has 13 heavy (non-hydrogen) atoms. The van der Waals surface area contributed by atoms with Gasteiger partial charge in [0.15, 0.2) is 0 Å². The van der Waals surface area contributed by atoms with Gasteiger partial charge in [-0.1, -0.05) is 0 Å². The normalized spacial score (nSPS) is 41.5. The molecule has 1 aliphatic carbocycles. The first-order valence-corrected chi connectivity index (χ1v) is 6.74.